The molecule has 0 spiro atoms. The molecule has 0 aliphatic carbocycles. The van der Waals surface area contributed by atoms with Crippen LogP contribution in [0.5, 0.6) is 34.5 Å². The van der Waals surface area contributed by atoms with Gasteiger partial charge in [-0.2, -0.15) is 0 Å². The number of hydrogen-bond acceptors (Lipinski definition) is 7. The van der Waals surface area contributed by atoms with Gasteiger partial charge in [0.1, 0.15) is 11.3 Å². The minimum absolute atomic E-state index is 0.0220. The summed E-state index contributed by atoms with van der Waals surface area (Å²) in [5.74, 6) is 0.719. The van der Waals surface area contributed by atoms with Crippen LogP contribution in [0.1, 0.15) is 0 Å². The lowest BCUT2D eigenvalue weighted by Crippen LogP contribution is -1.92. The van der Waals surface area contributed by atoms with Crippen LogP contribution in [0.15, 0.2) is 40.8 Å². The van der Waals surface area contributed by atoms with Crippen molar-refractivity contribution in [2.24, 2.45) is 0 Å². The van der Waals surface area contributed by atoms with Crippen LogP contribution in [-0.4, -0.2) is 36.6 Å². The lowest BCUT2D eigenvalue weighted by atomic mass is 10.0. The first-order valence-corrected chi connectivity index (χ1v) is 8.39. The monoisotopic (exact) mass is 382 g/mol. The van der Waals surface area contributed by atoms with Gasteiger partial charge in [0.25, 0.3) is 0 Å². The second-order valence-electron chi connectivity index (χ2n) is 6.19. The molecule has 4 rings (SSSR count). The number of benzene rings is 3. The van der Waals surface area contributed by atoms with Gasteiger partial charge in [0.15, 0.2) is 34.3 Å². The molecule has 0 saturated carbocycles. The summed E-state index contributed by atoms with van der Waals surface area (Å²) in [7, 11) is 4.50. The number of ether oxygens (including phenoxy) is 3. The topological polar surface area (TPSA) is 102 Å². The molecule has 0 unspecified atom stereocenters. The Hall–Kier alpha value is -3.74. The fourth-order valence-electron chi connectivity index (χ4n) is 3.34. The van der Waals surface area contributed by atoms with Crippen molar-refractivity contribution in [3.63, 3.8) is 0 Å². The normalized spacial score (nSPS) is 11.1. The highest BCUT2D eigenvalue weighted by atomic mass is 16.5. The van der Waals surface area contributed by atoms with Crippen LogP contribution in [-0.2, 0) is 0 Å². The summed E-state index contributed by atoms with van der Waals surface area (Å²) in [6.45, 7) is 0. The Morgan fingerprint density at radius 3 is 2.14 bits per heavy atom. The van der Waals surface area contributed by atoms with Gasteiger partial charge in [-0.1, -0.05) is 6.07 Å². The Morgan fingerprint density at radius 1 is 0.750 bits per heavy atom. The van der Waals surface area contributed by atoms with Crippen molar-refractivity contribution in [1.82, 2.24) is 0 Å². The maximum absolute atomic E-state index is 10.2. The van der Waals surface area contributed by atoms with Crippen molar-refractivity contribution >= 4 is 21.9 Å². The minimum Gasteiger partial charge on any atom is -0.504 e. The van der Waals surface area contributed by atoms with Crippen molar-refractivity contribution < 1.29 is 33.9 Å². The van der Waals surface area contributed by atoms with E-state index in [0.29, 0.717) is 44.6 Å². The maximum Gasteiger partial charge on any atom is 0.181 e. The summed E-state index contributed by atoms with van der Waals surface area (Å²) in [5, 5.41) is 30.9. The quantitative estimate of drug-likeness (QED) is 0.450. The fraction of sp³-hybridized carbons (Fsp3) is 0.143. The predicted octanol–water partition coefficient (Wildman–Crippen LogP) is 4.40. The fourth-order valence-corrected chi connectivity index (χ4v) is 3.34. The zero-order chi connectivity index (χ0) is 20.0. The highest BCUT2D eigenvalue weighted by Gasteiger charge is 2.23. The molecule has 28 heavy (non-hydrogen) atoms. The Labute approximate surface area is 159 Å². The Bertz CT molecular complexity index is 1210. The van der Waals surface area contributed by atoms with Gasteiger partial charge in [-0.15, -0.1) is 0 Å². The van der Waals surface area contributed by atoms with Crippen molar-refractivity contribution in [1.29, 1.82) is 0 Å². The van der Waals surface area contributed by atoms with E-state index in [0.717, 1.165) is 0 Å². The number of aromatic hydroxyl groups is 3. The molecule has 0 saturated heterocycles. The smallest absolute Gasteiger partial charge is 0.181 e. The third-order valence-corrected chi connectivity index (χ3v) is 4.67. The second-order valence-corrected chi connectivity index (χ2v) is 6.19. The summed E-state index contributed by atoms with van der Waals surface area (Å²) in [6, 6.07) is 9.36. The van der Waals surface area contributed by atoms with Crippen LogP contribution in [0.25, 0.3) is 33.1 Å². The molecule has 144 valence electrons. The zero-order valence-corrected chi connectivity index (χ0v) is 15.4. The first-order chi connectivity index (χ1) is 13.5. The van der Waals surface area contributed by atoms with Crippen molar-refractivity contribution in [2.45, 2.75) is 0 Å². The van der Waals surface area contributed by atoms with E-state index < -0.39 is 0 Å². The van der Waals surface area contributed by atoms with E-state index in [1.54, 1.807) is 24.3 Å². The molecule has 0 fully saturated rings. The molecule has 0 atom stereocenters. The number of phenolic OH excluding ortho intramolecular Hbond substituents is 3. The van der Waals surface area contributed by atoms with Crippen LogP contribution in [0, 0.1) is 0 Å². The minimum atomic E-state index is -0.252. The van der Waals surface area contributed by atoms with Crippen LogP contribution in [0.4, 0.5) is 0 Å². The largest absolute Gasteiger partial charge is 0.504 e. The lowest BCUT2D eigenvalue weighted by Gasteiger charge is -2.13. The lowest BCUT2D eigenvalue weighted by molar-refractivity contribution is 0.373. The maximum atomic E-state index is 10.2. The van der Waals surface area contributed by atoms with E-state index in [1.165, 1.54) is 33.5 Å². The molecule has 0 amide bonds. The first kappa shape index (κ1) is 17.7. The molecule has 7 heteroatoms. The van der Waals surface area contributed by atoms with E-state index in [1.807, 2.05) is 0 Å². The van der Waals surface area contributed by atoms with Gasteiger partial charge in [-0.05, 0) is 29.8 Å². The van der Waals surface area contributed by atoms with Crippen LogP contribution >= 0.6 is 0 Å². The molecule has 0 radical (unpaired) electrons. The van der Waals surface area contributed by atoms with Gasteiger partial charge in [-0.25, -0.2) is 0 Å². The molecule has 7 nitrogen and oxygen atoms in total. The summed E-state index contributed by atoms with van der Waals surface area (Å²) in [6.07, 6.45) is 0. The van der Waals surface area contributed by atoms with Gasteiger partial charge in [0.2, 0.25) is 0 Å². The van der Waals surface area contributed by atoms with Crippen molar-refractivity contribution in [3.05, 3.63) is 36.4 Å². The molecule has 0 aliphatic rings. The van der Waals surface area contributed by atoms with Crippen LogP contribution in [0.2, 0.25) is 0 Å². The van der Waals surface area contributed by atoms with E-state index in [9.17, 15) is 15.3 Å². The Kier molecular flexibility index (Phi) is 4.07. The predicted molar refractivity (Wildman–Crippen MR) is 104 cm³/mol. The zero-order valence-electron chi connectivity index (χ0n) is 15.4. The van der Waals surface area contributed by atoms with Crippen molar-refractivity contribution in [2.75, 3.05) is 21.3 Å². The summed E-state index contributed by atoms with van der Waals surface area (Å²) in [4.78, 5) is 0. The standard InChI is InChI=1S/C21H18O7/c1-25-17-9-16-12(7-15(17)24)19-18(26-2)8-11(20(27-3)21(19)28-16)10-4-5-13(22)14(23)6-10/h4-9,22-24H,1-3H3. The highest BCUT2D eigenvalue weighted by Crippen LogP contribution is 2.48. The Morgan fingerprint density at radius 2 is 1.50 bits per heavy atom. The summed E-state index contributed by atoms with van der Waals surface area (Å²) < 4.78 is 22.4. The molecule has 0 bridgehead atoms. The number of hydrogen-bond donors (Lipinski definition) is 3. The second kappa shape index (κ2) is 6.45. The molecular formula is C21H18O7. The molecule has 3 N–H and O–H groups in total. The van der Waals surface area contributed by atoms with Gasteiger partial charge >= 0.3 is 0 Å². The van der Waals surface area contributed by atoms with Crippen LogP contribution < -0.4 is 14.2 Å². The van der Waals surface area contributed by atoms with Gasteiger partial charge in [0.05, 0.1) is 26.7 Å². The van der Waals surface area contributed by atoms with Crippen molar-refractivity contribution in [3.8, 4) is 45.6 Å². The number of furan rings is 1. The molecular weight excluding hydrogens is 364 g/mol. The summed E-state index contributed by atoms with van der Waals surface area (Å²) >= 11 is 0. The number of fused-ring (bicyclic) bond motifs is 3. The van der Waals surface area contributed by atoms with E-state index in [2.05, 4.69) is 0 Å². The SMILES string of the molecule is COc1cc2oc3c(OC)c(-c4ccc(O)c(O)c4)cc(OC)c3c2cc1O. The molecule has 1 aromatic heterocycles. The third kappa shape index (κ3) is 2.51. The number of methoxy groups -OCH3 is 3. The van der Waals surface area contributed by atoms with Crippen LogP contribution in [0.3, 0.4) is 0 Å². The van der Waals surface area contributed by atoms with Gasteiger partial charge in [0, 0.05) is 17.0 Å². The first-order valence-electron chi connectivity index (χ1n) is 8.39. The molecule has 3 aromatic carbocycles. The Balaban J connectivity index is 2.10. The number of rotatable bonds is 4. The summed E-state index contributed by atoms with van der Waals surface area (Å²) in [5.41, 5.74) is 2.13. The van der Waals surface area contributed by atoms with Gasteiger partial charge in [-0.3, -0.25) is 0 Å². The highest BCUT2D eigenvalue weighted by molar-refractivity contribution is 6.13. The molecule has 0 aliphatic heterocycles. The van der Waals surface area contributed by atoms with E-state index >= 15 is 0 Å². The van der Waals surface area contributed by atoms with E-state index in [-0.39, 0.29) is 23.0 Å². The molecule has 1 heterocycles. The van der Waals surface area contributed by atoms with E-state index in [4.69, 9.17) is 18.6 Å². The average molecular weight is 382 g/mol. The molecule has 4 aromatic rings. The van der Waals surface area contributed by atoms with Gasteiger partial charge < -0.3 is 33.9 Å². The third-order valence-electron chi connectivity index (χ3n) is 4.67. The number of phenols is 3. The average Bonchev–Trinajstić information content (AvgIpc) is 3.06.